The van der Waals surface area contributed by atoms with Gasteiger partial charge in [-0.2, -0.15) is 0 Å². The number of aliphatic hydroxyl groups excluding tert-OH is 1. The van der Waals surface area contributed by atoms with Crippen LogP contribution in [-0.4, -0.2) is 17.8 Å². The summed E-state index contributed by atoms with van der Waals surface area (Å²) in [6.45, 7) is 2.81. The number of aliphatic hydroxyl groups is 1. The maximum Gasteiger partial charge on any atom is 0.135 e. The molecule has 3 nitrogen and oxygen atoms in total. The molecule has 0 aliphatic rings. The van der Waals surface area contributed by atoms with E-state index in [1.54, 1.807) is 25.1 Å². The predicted molar refractivity (Wildman–Crippen MR) is 77.6 cm³/mol. The van der Waals surface area contributed by atoms with Crippen LogP contribution in [0.3, 0.4) is 0 Å². The second-order valence-corrected chi connectivity index (χ2v) is 5.21. The summed E-state index contributed by atoms with van der Waals surface area (Å²) in [5.74, 6) is 1.47. The van der Waals surface area contributed by atoms with E-state index in [0.717, 1.165) is 11.3 Å². The molecule has 0 fully saturated rings. The summed E-state index contributed by atoms with van der Waals surface area (Å²) >= 11 is 12.1. The zero-order valence-corrected chi connectivity index (χ0v) is 12.0. The molecule has 0 aliphatic heterocycles. The second kappa shape index (κ2) is 6.44. The molecule has 1 aromatic heterocycles. The molecule has 5 heteroatoms. The lowest BCUT2D eigenvalue weighted by Gasteiger charge is -2.05. The van der Waals surface area contributed by atoms with E-state index in [1.807, 2.05) is 12.1 Å². The van der Waals surface area contributed by atoms with Crippen LogP contribution in [-0.2, 0) is 6.54 Å². The van der Waals surface area contributed by atoms with Crippen LogP contribution in [0, 0.1) is 0 Å². The van der Waals surface area contributed by atoms with Gasteiger partial charge in [0.05, 0.1) is 17.7 Å². The molecule has 19 heavy (non-hydrogen) atoms. The Labute approximate surface area is 122 Å². The van der Waals surface area contributed by atoms with Crippen molar-refractivity contribution in [2.75, 3.05) is 6.54 Å². The van der Waals surface area contributed by atoms with Gasteiger partial charge >= 0.3 is 0 Å². The highest BCUT2D eigenvalue weighted by Gasteiger charge is 2.09. The number of hydrogen-bond donors (Lipinski definition) is 2. The van der Waals surface area contributed by atoms with Crippen molar-refractivity contribution in [3.05, 3.63) is 46.1 Å². The smallest absolute Gasteiger partial charge is 0.135 e. The van der Waals surface area contributed by atoms with Gasteiger partial charge in [0.15, 0.2) is 0 Å². The first-order valence-electron chi connectivity index (χ1n) is 5.99. The number of halogens is 2. The van der Waals surface area contributed by atoms with Crippen LogP contribution in [0.2, 0.25) is 10.0 Å². The van der Waals surface area contributed by atoms with Crippen molar-refractivity contribution in [1.82, 2.24) is 5.32 Å². The van der Waals surface area contributed by atoms with Crippen LogP contribution >= 0.6 is 23.2 Å². The molecule has 0 saturated carbocycles. The summed E-state index contributed by atoms with van der Waals surface area (Å²) in [5.41, 5.74) is 0.774. The zero-order valence-electron chi connectivity index (χ0n) is 10.5. The van der Waals surface area contributed by atoms with Crippen LogP contribution in [0.1, 0.15) is 12.7 Å². The largest absolute Gasteiger partial charge is 0.460 e. The summed E-state index contributed by atoms with van der Waals surface area (Å²) < 4.78 is 5.70. The van der Waals surface area contributed by atoms with Crippen LogP contribution in [0.25, 0.3) is 11.3 Å². The minimum atomic E-state index is -0.378. The number of benzene rings is 1. The van der Waals surface area contributed by atoms with Gasteiger partial charge in [0.2, 0.25) is 0 Å². The third-order valence-corrected chi connectivity index (χ3v) is 3.16. The molecule has 0 aliphatic carbocycles. The van der Waals surface area contributed by atoms with Crippen molar-refractivity contribution < 1.29 is 9.52 Å². The molecule has 0 bridgehead atoms. The molecule has 0 spiro atoms. The maximum absolute atomic E-state index is 9.16. The normalized spacial score (nSPS) is 12.6. The van der Waals surface area contributed by atoms with Crippen LogP contribution in [0.15, 0.2) is 34.7 Å². The standard InChI is InChI=1S/C14H15Cl2NO2/c1-9(18)7-17-8-11-3-5-14(19-11)12-6-10(15)2-4-13(12)16/h2-6,9,17-18H,7-8H2,1H3/t9-/m1/s1. The van der Waals surface area contributed by atoms with E-state index in [4.69, 9.17) is 32.7 Å². The van der Waals surface area contributed by atoms with Crippen LogP contribution in [0.5, 0.6) is 0 Å². The quantitative estimate of drug-likeness (QED) is 0.884. The average Bonchev–Trinajstić information content (AvgIpc) is 2.80. The topological polar surface area (TPSA) is 45.4 Å². The SMILES string of the molecule is C[C@@H](O)CNCc1ccc(-c2cc(Cl)ccc2Cl)o1. The van der Waals surface area contributed by atoms with Gasteiger partial charge in [-0.05, 0) is 37.3 Å². The second-order valence-electron chi connectivity index (χ2n) is 4.37. The van der Waals surface area contributed by atoms with Crippen LogP contribution in [0.4, 0.5) is 0 Å². The Morgan fingerprint density at radius 1 is 1.26 bits per heavy atom. The van der Waals surface area contributed by atoms with Crippen molar-refractivity contribution in [2.45, 2.75) is 19.6 Å². The van der Waals surface area contributed by atoms with E-state index in [9.17, 15) is 0 Å². The highest BCUT2D eigenvalue weighted by atomic mass is 35.5. The summed E-state index contributed by atoms with van der Waals surface area (Å²) in [4.78, 5) is 0. The lowest BCUT2D eigenvalue weighted by atomic mass is 10.2. The summed E-state index contributed by atoms with van der Waals surface area (Å²) in [7, 11) is 0. The molecule has 2 aromatic rings. The third-order valence-electron chi connectivity index (χ3n) is 2.59. The molecular formula is C14H15Cl2NO2. The Hall–Kier alpha value is -1.00. The van der Waals surface area contributed by atoms with Gasteiger partial charge in [-0.3, -0.25) is 0 Å². The fraction of sp³-hybridized carbons (Fsp3) is 0.286. The molecule has 2 N–H and O–H groups in total. The summed E-state index contributed by atoms with van der Waals surface area (Å²) in [6.07, 6.45) is -0.378. The lowest BCUT2D eigenvalue weighted by molar-refractivity contribution is 0.190. The highest BCUT2D eigenvalue weighted by Crippen LogP contribution is 2.31. The summed E-state index contributed by atoms with van der Waals surface area (Å²) in [5, 5.41) is 13.5. The minimum absolute atomic E-state index is 0.378. The van der Waals surface area contributed by atoms with E-state index in [2.05, 4.69) is 5.32 Å². The number of hydrogen-bond acceptors (Lipinski definition) is 3. The van der Waals surface area contributed by atoms with E-state index in [1.165, 1.54) is 0 Å². The van der Waals surface area contributed by atoms with E-state index in [-0.39, 0.29) is 6.10 Å². The highest BCUT2D eigenvalue weighted by molar-refractivity contribution is 6.35. The van der Waals surface area contributed by atoms with Gasteiger partial charge in [-0.25, -0.2) is 0 Å². The van der Waals surface area contributed by atoms with Crippen molar-refractivity contribution in [1.29, 1.82) is 0 Å². The van der Waals surface area contributed by atoms with E-state index < -0.39 is 0 Å². The van der Waals surface area contributed by atoms with Gasteiger partial charge in [-0.1, -0.05) is 23.2 Å². The fourth-order valence-electron chi connectivity index (χ4n) is 1.71. The molecule has 1 heterocycles. The third kappa shape index (κ3) is 3.98. The Balaban J connectivity index is 2.10. The number of furan rings is 1. The Morgan fingerprint density at radius 3 is 2.79 bits per heavy atom. The molecular weight excluding hydrogens is 285 g/mol. The molecule has 2 rings (SSSR count). The number of rotatable bonds is 5. The van der Waals surface area contributed by atoms with Crippen molar-refractivity contribution >= 4 is 23.2 Å². The first-order valence-corrected chi connectivity index (χ1v) is 6.75. The first-order chi connectivity index (χ1) is 9.06. The van der Waals surface area contributed by atoms with Gasteiger partial charge < -0.3 is 14.8 Å². The summed E-state index contributed by atoms with van der Waals surface area (Å²) in [6, 6.07) is 8.99. The molecule has 0 radical (unpaired) electrons. The van der Waals surface area contributed by atoms with Crippen LogP contribution < -0.4 is 5.32 Å². The molecule has 0 amide bonds. The molecule has 0 unspecified atom stereocenters. The van der Waals surface area contributed by atoms with Gasteiger partial charge in [0.1, 0.15) is 11.5 Å². The predicted octanol–water partition coefficient (Wildman–Crippen LogP) is 3.72. The average molecular weight is 300 g/mol. The van der Waals surface area contributed by atoms with E-state index in [0.29, 0.717) is 28.9 Å². The monoisotopic (exact) mass is 299 g/mol. The number of nitrogens with one attached hydrogen (secondary N) is 1. The van der Waals surface area contributed by atoms with Crippen molar-refractivity contribution in [3.63, 3.8) is 0 Å². The minimum Gasteiger partial charge on any atom is -0.460 e. The lowest BCUT2D eigenvalue weighted by Crippen LogP contribution is -2.23. The zero-order chi connectivity index (χ0) is 13.8. The molecule has 1 aromatic carbocycles. The van der Waals surface area contributed by atoms with Gasteiger partial charge in [0.25, 0.3) is 0 Å². The fourth-order valence-corrected chi connectivity index (χ4v) is 2.09. The Bertz CT molecular complexity index is 552. The Kier molecular flexibility index (Phi) is 4.88. The first kappa shape index (κ1) is 14.4. The van der Waals surface area contributed by atoms with Gasteiger partial charge in [0, 0.05) is 17.1 Å². The van der Waals surface area contributed by atoms with Crippen molar-refractivity contribution in [3.8, 4) is 11.3 Å². The molecule has 0 saturated heterocycles. The molecule has 102 valence electrons. The Morgan fingerprint density at radius 2 is 2.05 bits per heavy atom. The van der Waals surface area contributed by atoms with E-state index >= 15 is 0 Å². The molecule has 1 atom stereocenters. The van der Waals surface area contributed by atoms with Crippen molar-refractivity contribution in [2.24, 2.45) is 0 Å². The maximum atomic E-state index is 9.16. The van der Waals surface area contributed by atoms with Gasteiger partial charge in [-0.15, -0.1) is 0 Å².